The summed E-state index contributed by atoms with van der Waals surface area (Å²) in [4.78, 5) is 2.28. The standard InChI is InChI=1S/C11H20N2O/c1-10(8-12)9-13(6-7-14)11-4-2-3-5-11/h10-11,14H,2-7,9H2,1H3. The maximum absolute atomic E-state index is 8.96. The van der Waals surface area contributed by atoms with E-state index in [0.717, 1.165) is 13.1 Å². The Morgan fingerprint density at radius 1 is 1.50 bits per heavy atom. The van der Waals surface area contributed by atoms with Gasteiger partial charge in [0.2, 0.25) is 0 Å². The van der Waals surface area contributed by atoms with E-state index in [1.165, 1.54) is 25.7 Å². The second-order valence-corrected chi connectivity index (χ2v) is 4.19. The molecule has 0 heterocycles. The van der Waals surface area contributed by atoms with Crippen LogP contribution in [-0.2, 0) is 0 Å². The zero-order valence-electron chi connectivity index (χ0n) is 8.95. The fourth-order valence-corrected chi connectivity index (χ4v) is 2.21. The van der Waals surface area contributed by atoms with Gasteiger partial charge in [-0.25, -0.2) is 0 Å². The number of hydrogen-bond acceptors (Lipinski definition) is 3. The van der Waals surface area contributed by atoms with Gasteiger partial charge in [0.1, 0.15) is 0 Å². The van der Waals surface area contributed by atoms with Crippen LogP contribution in [0.25, 0.3) is 0 Å². The second kappa shape index (κ2) is 6.00. The Labute approximate surface area is 86.3 Å². The fraction of sp³-hybridized carbons (Fsp3) is 0.909. The molecule has 0 aromatic carbocycles. The summed E-state index contributed by atoms with van der Waals surface area (Å²) in [5.74, 6) is 0.0714. The van der Waals surface area contributed by atoms with Gasteiger partial charge in [0.05, 0.1) is 18.6 Å². The molecule has 1 saturated carbocycles. The van der Waals surface area contributed by atoms with E-state index in [2.05, 4.69) is 11.0 Å². The Morgan fingerprint density at radius 2 is 2.14 bits per heavy atom. The van der Waals surface area contributed by atoms with Gasteiger partial charge in [-0.15, -0.1) is 0 Å². The number of nitrogens with zero attached hydrogens (tertiary/aromatic N) is 2. The second-order valence-electron chi connectivity index (χ2n) is 4.19. The monoisotopic (exact) mass is 196 g/mol. The van der Waals surface area contributed by atoms with E-state index in [-0.39, 0.29) is 12.5 Å². The first-order chi connectivity index (χ1) is 6.77. The van der Waals surface area contributed by atoms with E-state index >= 15 is 0 Å². The molecule has 1 aliphatic rings. The highest BCUT2D eigenvalue weighted by Gasteiger charge is 2.23. The molecule has 1 aliphatic carbocycles. The molecule has 1 N–H and O–H groups in total. The van der Waals surface area contributed by atoms with Crippen molar-refractivity contribution in [1.82, 2.24) is 4.90 Å². The van der Waals surface area contributed by atoms with Gasteiger partial charge < -0.3 is 5.11 Å². The third-order valence-corrected chi connectivity index (χ3v) is 2.96. The summed E-state index contributed by atoms with van der Waals surface area (Å²) in [6, 6.07) is 2.86. The third-order valence-electron chi connectivity index (χ3n) is 2.96. The SMILES string of the molecule is CC(C#N)CN(CCO)C1CCCC1. The first-order valence-corrected chi connectivity index (χ1v) is 5.52. The predicted molar refractivity (Wildman–Crippen MR) is 55.7 cm³/mol. The smallest absolute Gasteiger partial charge is 0.0666 e. The summed E-state index contributed by atoms with van der Waals surface area (Å²) in [6.07, 6.45) is 5.07. The van der Waals surface area contributed by atoms with Crippen molar-refractivity contribution >= 4 is 0 Å². The molecule has 0 aliphatic heterocycles. The van der Waals surface area contributed by atoms with Crippen molar-refractivity contribution in [3.63, 3.8) is 0 Å². The van der Waals surface area contributed by atoms with Crippen molar-refractivity contribution in [2.45, 2.75) is 38.6 Å². The molecule has 80 valence electrons. The van der Waals surface area contributed by atoms with Crippen molar-refractivity contribution < 1.29 is 5.11 Å². The lowest BCUT2D eigenvalue weighted by atomic mass is 10.1. The Hall–Kier alpha value is -0.590. The van der Waals surface area contributed by atoms with Gasteiger partial charge in [-0.3, -0.25) is 4.90 Å². The van der Waals surface area contributed by atoms with Crippen LogP contribution in [-0.4, -0.2) is 35.7 Å². The first kappa shape index (κ1) is 11.5. The van der Waals surface area contributed by atoms with E-state index in [4.69, 9.17) is 10.4 Å². The minimum Gasteiger partial charge on any atom is -0.395 e. The fourth-order valence-electron chi connectivity index (χ4n) is 2.21. The Balaban J connectivity index is 2.41. The van der Waals surface area contributed by atoms with Gasteiger partial charge >= 0.3 is 0 Å². The highest BCUT2D eigenvalue weighted by atomic mass is 16.3. The molecule has 0 spiro atoms. The highest BCUT2D eigenvalue weighted by Crippen LogP contribution is 2.23. The summed E-state index contributed by atoms with van der Waals surface area (Å²) < 4.78 is 0. The van der Waals surface area contributed by atoms with Crippen LogP contribution in [0.1, 0.15) is 32.6 Å². The lowest BCUT2D eigenvalue weighted by molar-refractivity contribution is 0.143. The first-order valence-electron chi connectivity index (χ1n) is 5.52. The average molecular weight is 196 g/mol. The van der Waals surface area contributed by atoms with E-state index in [9.17, 15) is 0 Å². The Kier molecular flexibility index (Phi) is 4.92. The summed E-state index contributed by atoms with van der Waals surface area (Å²) in [5, 5.41) is 17.7. The number of aliphatic hydroxyl groups is 1. The van der Waals surface area contributed by atoms with Gasteiger partial charge in [-0.05, 0) is 19.8 Å². The van der Waals surface area contributed by atoms with Crippen LogP contribution < -0.4 is 0 Å². The Morgan fingerprint density at radius 3 is 2.64 bits per heavy atom. The highest BCUT2D eigenvalue weighted by molar-refractivity contribution is 4.85. The van der Waals surface area contributed by atoms with Crippen LogP contribution in [0.15, 0.2) is 0 Å². The zero-order valence-corrected chi connectivity index (χ0v) is 8.95. The normalized spacial score (nSPS) is 19.9. The van der Waals surface area contributed by atoms with Crippen molar-refractivity contribution in [3.05, 3.63) is 0 Å². The molecule has 0 aromatic heterocycles. The van der Waals surface area contributed by atoms with E-state index in [1.807, 2.05) is 6.92 Å². The van der Waals surface area contributed by atoms with Crippen LogP contribution in [0, 0.1) is 17.2 Å². The largest absolute Gasteiger partial charge is 0.395 e. The van der Waals surface area contributed by atoms with Gasteiger partial charge in [0.15, 0.2) is 0 Å². The molecule has 0 bridgehead atoms. The third kappa shape index (κ3) is 3.28. The molecule has 1 fully saturated rings. The van der Waals surface area contributed by atoms with E-state index in [1.54, 1.807) is 0 Å². The molecular weight excluding hydrogens is 176 g/mol. The van der Waals surface area contributed by atoms with Gasteiger partial charge in [-0.1, -0.05) is 12.8 Å². The summed E-state index contributed by atoms with van der Waals surface area (Å²) in [5.41, 5.74) is 0. The van der Waals surface area contributed by atoms with Gasteiger partial charge in [0, 0.05) is 19.1 Å². The topological polar surface area (TPSA) is 47.3 Å². The quantitative estimate of drug-likeness (QED) is 0.722. The molecule has 0 amide bonds. The number of aliphatic hydroxyl groups excluding tert-OH is 1. The minimum absolute atomic E-state index is 0.0714. The van der Waals surface area contributed by atoms with Crippen LogP contribution in [0.5, 0.6) is 0 Å². The molecule has 1 rings (SSSR count). The summed E-state index contributed by atoms with van der Waals surface area (Å²) >= 11 is 0. The minimum atomic E-state index is 0.0714. The van der Waals surface area contributed by atoms with Crippen LogP contribution in [0.4, 0.5) is 0 Å². The lowest BCUT2D eigenvalue weighted by Crippen LogP contribution is -2.38. The number of rotatable bonds is 5. The summed E-state index contributed by atoms with van der Waals surface area (Å²) in [6.45, 7) is 3.67. The Bertz CT molecular complexity index is 194. The van der Waals surface area contributed by atoms with Crippen LogP contribution >= 0.6 is 0 Å². The molecule has 0 saturated heterocycles. The van der Waals surface area contributed by atoms with Crippen molar-refractivity contribution in [1.29, 1.82) is 5.26 Å². The summed E-state index contributed by atoms with van der Waals surface area (Å²) in [7, 11) is 0. The average Bonchev–Trinajstić information content (AvgIpc) is 2.69. The van der Waals surface area contributed by atoms with Crippen molar-refractivity contribution in [3.8, 4) is 6.07 Å². The zero-order chi connectivity index (χ0) is 10.4. The molecule has 3 nitrogen and oxygen atoms in total. The maximum Gasteiger partial charge on any atom is 0.0666 e. The number of nitriles is 1. The molecule has 3 heteroatoms. The molecule has 0 aromatic rings. The lowest BCUT2D eigenvalue weighted by Gasteiger charge is -2.28. The molecule has 14 heavy (non-hydrogen) atoms. The number of hydrogen-bond donors (Lipinski definition) is 1. The van der Waals surface area contributed by atoms with Crippen LogP contribution in [0.3, 0.4) is 0 Å². The molecule has 1 unspecified atom stereocenters. The van der Waals surface area contributed by atoms with E-state index < -0.39 is 0 Å². The maximum atomic E-state index is 8.96. The van der Waals surface area contributed by atoms with Gasteiger partial charge in [0.25, 0.3) is 0 Å². The molecule has 1 atom stereocenters. The van der Waals surface area contributed by atoms with E-state index in [0.29, 0.717) is 6.04 Å². The van der Waals surface area contributed by atoms with Crippen molar-refractivity contribution in [2.24, 2.45) is 5.92 Å². The van der Waals surface area contributed by atoms with Gasteiger partial charge in [-0.2, -0.15) is 5.26 Å². The molecular formula is C11H20N2O. The predicted octanol–water partition coefficient (Wildman–Crippen LogP) is 1.38. The van der Waals surface area contributed by atoms with Crippen LogP contribution in [0.2, 0.25) is 0 Å². The van der Waals surface area contributed by atoms with Crippen molar-refractivity contribution in [2.75, 3.05) is 19.7 Å². The molecule has 0 radical (unpaired) electrons.